The summed E-state index contributed by atoms with van der Waals surface area (Å²) >= 11 is 11.9. The van der Waals surface area contributed by atoms with Crippen molar-refractivity contribution in [2.24, 2.45) is 0 Å². The Hall–Kier alpha value is -2.10. The lowest BCUT2D eigenvalue weighted by molar-refractivity contribution is -0.140. The van der Waals surface area contributed by atoms with Crippen LogP contribution < -0.4 is 0 Å². The Labute approximate surface area is 230 Å². The van der Waals surface area contributed by atoms with Gasteiger partial charge in [0.2, 0.25) is 5.91 Å². The van der Waals surface area contributed by atoms with E-state index in [4.69, 9.17) is 23.2 Å². The number of hydrogen-bond acceptors (Lipinski definition) is 4. The molecule has 206 valence electrons. The standard InChI is InChI=1S/C28H31Cl2F3N2O3/c29-23-7-1-19(17-24(23)30)2-8-26(37)35-15-11-27(38,12-16-35)25(36)18-34-13-9-21(10-14-34)20-3-5-22(6-4-20)28(31,32)33/h1-8,17,21,25,36,38H,9-16,18H2/b8-2+. The van der Waals surface area contributed by atoms with Crippen molar-refractivity contribution in [3.8, 4) is 0 Å². The molecule has 2 aromatic carbocycles. The number of aliphatic hydroxyl groups excluding tert-OH is 1. The number of likely N-dealkylation sites (tertiary alicyclic amines) is 2. The van der Waals surface area contributed by atoms with Crippen LogP contribution in [-0.2, 0) is 11.0 Å². The second-order valence-corrected chi connectivity index (χ2v) is 11.0. The van der Waals surface area contributed by atoms with Gasteiger partial charge in [-0.05, 0) is 86.2 Å². The van der Waals surface area contributed by atoms with Gasteiger partial charge in [-0.2, -0.15) is 13.2 Å². The topological polar surface area (TPSA) is 64.0 Å². The molecule has 38 heavy (non-hydrogen) atoms. The summed E-state index contributed by atoms with van der Waals surface area (Å²) < 4.78 is 38.5. The molecule has 2 saturated heterocycles. The number of piperidine rings is 2. The first kappa shape index (κ1) is 28.9. The Bertz CT molecular complexity index is 1140. The predicted octanol–water partition coefficient (Wildman–Crippen LogP) is 5.62. The number of carbonyl (C=O) groups is 1. The Kier molecular flexibility index (Phi) is 9.10. The number of benzene rings is 2. The number of alkyl halides is 3. The molecule has 0 radical (unpaired) electrons. The molecule has 0 bridgehead atoms. The molecule has 1 amide bonds. The van der Waals surface area contributed by atoms with Crippen LogP contribution in [0.1, 0.15) is 48.3 Å². The third kappa shape index (κ3) is 7.10. The fourth-order valence-corrected chi connectivity index (χ4v) is 5.45. The third-order valence-electron chi connectivity index (χ3n) is 7.65. The molecular formula is C28H31Cl2F3N2O3. The SMILES string of the molecule is O=C(/C=C/c1ccc(Cl)c(Cl)c1)N1CCC(O)(C(O)CN2CCC(c3ccc(C(F)(F)F)cc3)CC2)CC1. The summed E-state index contributed by atoms with van der Waals surface area (Å²) in [6.07, 6.45) is -0.117. The molecule has 0 saturated carbocycles. The molecule has 2 aliphatic rings. The van der Waals surface area contributed by atoms with E-state index in [9.17, 15) is 28.2 Å². The second kappa shape index (κ2) is 12.0. The third-order valence-corrected chi connectivity index (χ3v) is 8.39. The van der Waals surface area contributed by atoms with Crippen molar-refractivity contribution >= 4 is 35.2 Å². The molecule has 2 N–H and O–H groups in total. The van der Waals surface area contributed by atoms with Crippen LogP contribution >= 0.6 is 23.2 Å². The zero-order valence-electron chi connectivity index (χ0n) is 20.8. The quantitative estimate of drug-likeness (QED) is 0.442. The Morgan fingerprint density at radius 3 is 2.24 bits per heavy atom. The molecule has 2 heterocycles. The summed E-state index contributed by atoms with van der Waals surface area (Å²) in [5.74, 6) is -0.0158. The van der Waals surface area contributed by atoms with Gasteiger partial charge < -0.3 is 20.0 Å². The zero-order chi connectivity index (χ0) is 27.5. The van der Waals surface area contributed by atoms with Crippen molar-refractivity contribution in [3.63, 3.8) is 0 Å². The van der Waals surface area contributed by atoms with E-state index in [2.05, 4.69) is 4.90 Å². The van der Waals surface area contributed by atoms with E-state index in [1.807, 2.05) is 0 Å². The maximum absolute atomic E-state index is 12.8. The maximum Gasteiger partial charge on any atom is 0.416 e. The van der Waals surface area contributed by atoms with Crippen molar-refractivity contribution < 1.29 is 28.2 Å². The van der Waals surface area contributed by atoms with Crippen molar-refractivity contribution in [1.82, 2.24) is 9.80 Å². The number of rotatable bonds is 6. The van der Waals surface area contributed by atoms with Gasteiger partial charge >= 0.3 is 6.18 Å². The van der Waals surface area contributed by atoms with E-state index in [0.717, 1.165) is 36.1 Å². The lowest BCUT2D eigenvalue weighted by Crippen LogP contribution is -2.56. The summed E-state index contributed by atoms with van der Waals surface area (Å²) in [7, 11) is 0. The Morgan fingerprint density at radius 2 is 1.66 bits per heavy atom. The fourth-order valence-electron chi connectivity index (χ4n) is 5.14. The van der Waals surface area contributed by atoms with Gasteiger partial charge in [-0.1, -0.05) is 41.4 Å². The molecule has 4 rings (SSSR count). The van der Waals surface area contributed by atoms with Crippen LogP contribution in [0.15, 0.2) is 48.5 Å². The summed E-state index contributed by atoms with van der Waals surface area (Å²) in [6.45, 7) is 2.33. The summed E-state index contributed by atoms with van der Waals surface area (Å²) in [5.41, 5.74) is -0.291. The minimum Gasteiger partial charge on any atom is -0.389 e. The molecule has 2 aromatic rings. The Balaban J connectivity index is 1.23. The van der Waals surface area contributed by atoms with E-state index in [1.54, 1.807) is 41.3 Å². The summed E-state index contributed by atoms with van der Waals surface area (Å²) in [6, 6.07) is 10.4. The van der Waals surface area contributed by atoms with Crippen molar-refractivity contribution in [2.75, 3.05) is 32.7 Å². The lowest BCUT2D eigenvalue weighted by atomic mass is 9.84. The van der Waals surface area contributed by atoms with E-state index in [0.29, 0.717) is 42.8 Å². The number of hydrogen-bond donors (Lipinski definition) is 2. The van der Waals surface area contributed by atoms with Crippen LogP contribution in [-0.4, -0.2) is 70.3 Å². The van der Waals surface area contributed by atoms with Gasteiger partial charge in [0.1, 0.15) is 0 Å². The monoisotopic (exact) mass is 570 g/mol. The van der Waals surface area contributed by atoms with Crippen LogP contribution in [0.2, 0.25) is 10.0 Å². The molecule has 1 unspecified atom stereocenters. The van der Waals surface area contributed by atoms with Crippen LogP contribution in [0.3, 0.4) is 0 Å². The highest BCUT2D eigenvalue weighted by molar-refractivity contribution is 6.42. The smallest absolute Gasteiger partial charge is 0.389 e. The number of halogens is 5. The first-order chi connectivity index (χ1) is 17.9. The fraction of sp³-hybridized carbons (Fsp3) is 0.464. The summed E-state index contributed by atoms with van der Waals surface area (Å²) in [4.78, 5) is 16.3. The molecule has 1 atom stereocenters. The highest BCUT2D eigenvalue weighted by atomic mass is 35.5. The zero-order valence-corrected chi connectivity index (χ0v) is 22.3. The van der Waals surface area contributed by atoms with Gasteiger partial charge in [0, 0.05) is 25.7 Å². The number of nitrogens with zero attached hydrogens (tertiary/aromatic N) is 2. The molecule has 5 nitrogen and oxygen atoms in total. The van der Waals surface area contributed by atoms with Crippen molar-refractivity contribution in [3.05, 3.63) is 75.3 Å². The van der Waals surface area contributed by atoms with Gasteiger partial charge in [-0.15, -0.1) is 0 Å². The van der Waals surface area contributed by atoms with Gasteiger partial charge in [-0.3, -0.25) is 4.79 Å². The molecule has 0 spiro atoms. The first-order valence-corrected chi connectivity index (χ1v) is 13.4. The predicted molar refractivity (Wildman–Crippen MR) is 142 cm³/mol. The number of carbonyl (C=O) groups excluding carboxylic acids is 1. The summed E-state index contributed by atoms with van der Waals surface area (Å²) in [5, 5.41) is 22.8. The van der Waals surface area contributed by atoms with Gasteiger partial charge in [-0.25, -0.2) is 0 Å². The first-order valence-electron chi connectivity index (χ1n) is 12.7. The van der Waals surface area contributed by atoms with Crippen LogP contribution in [0.4, 0.5) is 13.2 Å². The number of β-amino-alcohol motifs (C(OH)–C–C–N with tert-alkyl or cyclic N) is 1. The van der Waals surface area contributed by atoms with Gasteiger partial charge in [0.25, 0.3) is 0 Å². The molecular weight excluding hydrogens is 540 g/mol. The normalized spacial score (nSPS) is 20.1. The maximum atomic E-state index is 12.8. The van der Waals surface area contributed by atoms with Gasteiger partial charge in [0.15, 0.2) is 0 Å². The average Bonchev–Trinajstić information content (AvgIpc) is 2.89. The van der Waals surface area contributed by atoms with E-state index >= 15 is 0 Å². The minimum atomic E-state index is -4.34. The molecule has 0 aromatic heterocycles. The average molecular weight is 571 g/mol. The Morgan fingerprint density at radius 1 is 1.03 bits per heavy atom. The second-order valence-electron chi connectivity index (χ2n) is 10.1. The van der Waals surface area contributed by atoms with E-state index < -0.39 is 23.4 Å². The molecule has 2 aliphatic heterocycles. The van der Waals surface area contributed by atoms with Crippen LogP contribution in [0.5, 0.6) is 0 Å². The largest absolute Gasteiger partial charge is 0.416 e. The molecule has 10 heteroatoms. The van der Waals surface area contributed by atoms with Gasteiger partial charge in [0.05, 0.1) is 27.3 Å². The van der Waals surface area contributed by atoms with Crippen LogP contribution in [0.25, 0.3) is 6.08 Å². The van der Waals surface area contributed by atoms with E-state index in [-0.39, 0.29) is 24.7 Å². The molecule has 2 fully saturated rings. The lowest BCUT2D eigenvalue weighted by Gasteiger charge is -2.43. The van der Waals surface area contributed by atoms with Crippen molar-refractivity contribution in [2.45, 2.75) is 49.5 Å². The number of aliphatic hydroxyl groups is 2. The number of amides is 1. The minimum absolute atomic E-state index is 0.167. The van der Waals surface area contributed by atoms with Crippen LogP contribution in [0, 0.1) is 0 Å². The molecule has 0 aliphatic carbocycles. The van der Waals surface area contributed by atoms with Crippen molar-refractivity contribution in [1.29, 1.82) is 0 Å². The highest BCUT2D eigenvalue weighted by Crippen LogP contribution is 2.34. The van der Waals surface area contributed by atoms with E-state index in [1.165, 1.54) is 6.08 Å². The highest BCUT2D eigenvalue weighted by Gasteiger charge is 2.40.